The molecule has 98 valence electrons. The minimum Gasteiger partial charge on any atom is -0.303 e. The zero-order valence-corrected chi connectivity index (χ0v) is 11.8. The molecule has 0 saturated heterocycles. The molecule has 2 rings (SSSR count). The second-order valence-corrected chi connectivity index (χ2v) is 4.99. The fourth-order valence-electron chi connectivity index (χ4n) is 1.55. The molecule has 0 amide bonds. The first-order chi connectivity index (χ1) is 8.97. The van der Waals surface area contributed by atoms with E-state index in [1.54, 1.807) is 18.2 Å². The molecule has 8 heteroatoms. The highest BCUT2D eigenvalue weighted by atomic mass is 79.9. The Bertz CT molecular complexity index is 702. The summed E-state index contributed by atoms with van der Waals surface area (Å²) in [6.07, 6.45) is 1.47. The zero-order chi connectivity index (χ0) is 14.0. The third-order valence-corrected chi connectivity index (χ3v) is 2.98. The molecule has 0 radical (unpaired) electrons. The Morgan fingerprint density at radius 3 is 2.84 bits per heavy atom. The van der Waals surface area contributed by atoms with Crippen LogP contribution in [0, 0.1) is 10.1 Å². The molecule has 2 aromatic rings. The number of aromatic nitrogens is 2. The zero-order valence-electron chi connectivity index (χ0n) is 9.42. The van der Waals surface area contributed by atoms with Gasteiger partial charge in [-0.2, -0.15) is 0 Å². The molecule has 0 aliphatic rings. The Labute approximate surface area is 120 Å². The number of halogens is 2. The summed E-state index contributed by atoms with van der Waals surface area (Å²) in [5.41, 5.74) is -0.631. The van der Waals surface area contributed by atoms with Gasteiger partial charge in [0.2, 0.25) is 0 Å². The van der Waals surface area contributed by atoms with Crippen molar-refractivity contribution in [2.24, 2.45) is 0 Å². The average Bonchev–Trinajstić information content (AvgIpc) is 2.33. The normalized spacial score (nSPS) is 10.4. The van der Waals surface area contributed by atoms with E-state index in [1.807, 2.05) is 0 Å². The Morgan fingerprint density at radius 1 is 1.47 bits per heavy atom. The van der Waals surface area contributed by atoms with Crippen LogP contribution in [0.15, 0.2) is 39.7 Å². The van der Waals surface area contributed by atoms with Gasteiger partial charge in [0.1, 0.15) is 5.15 Å². The van der Waals surface area contributed by atoms with Gasteiger partial charge in [0.05, 0.1) is 17.2 Å². The molecule has 0 fully saturated rings. The summed E-state index contributed by atoms with van der Waals surface area (Å²) in [4.78, 5) is 26.0. The predicted molar refractivity (Wildman–Crippen MR) is 73.4 cm³/mol. The lowest BCUT2D eigenvalue weighted by molar-refractivity contribution is -0.386. The van der Waals surface area contributed by atoms with Crippen LogP contribution in [0.2, 0.25) is 5.15 Å². The maximum absolute atomic E-state index is 11.9. The van der Waals surface area contributed by atoms with Gasteiger partial charge in [-0.1, -0.05) is 17.7 Å². The van der Waals surface area contributed by atoms with E-state index >= 15 is 0 Å². The van der Waals surface area contributed by atoms with Crippen molar-refractivity contribution in [3.63, 3.8) is 0 Å². The number of hydrogen-bond donors (Lipinski definition) is 0. The van der Waals surface area contributed by atoms with Crippen LogP contribution in [0.1, 0.15) is 5.69 Å². The van der Waals surface area contributed by atoms with E-state index < -0.39 is 16.2 Å². The van der Waals surface area contributed by atoms with Gasteiger partial charge in [-0.05, 0) is 28.1 Å². The highest BCUT2D eigenvalue weighted by Gasteiger charge is 2.16. The molecular weight excluding hydrogens is 337 g/mol. The highest BCUT2D eigenvalue weighted by Crippen LogP contribution is 2.14. The molecular formula is C11H7BrClN3O3. The van der Waals surface area contributed by atoms with Crippen molar-refractivity contribution < 1.29 is 4.92 Å². The summed E-state index contributed by atoms with van der Waals surface area (Å²) in [5, 5.41) is 11.1. The van der Waals surface area contributed by atoms with Crippen LogP contribution in [0.5, 0.6) is 0 Å². The molecule has 2 heterocycles. The summed E-state index contributed by atoms with van der Waals surface area (Å²) in [6.45, 7) is 0.111. The number of rotatable bonds is 3. The molecule has 0 aliphatic carbocycles. The standard InChI is InChI=1S/C11H7BrClN3O3/c12-7-4-9(16(18)19)11(17)15(5-7)6-8-2-1-3-10(13)14-8/h1-5H,6H2. The Balaban J connectivity index is 2.46. The molecule has 0 saturated carbocycles. The summed E-state index contributed by atoms with van der Waals surface area (Å²) < 4.78 is 1.65. The van der Waals surface area contributed by atoms with Crippen molar-refractivity contribution in [3.8, 4) is 0 Å². The van der Waals surface area contributed by atoms with Crippen molar-refractivity contribution in [2.75, 3.05) is 0 Å². The van der Waals surface area contributed by atoms with Crippen LogP contribution in [0.25, 0.3) is 0 Å². The van der Waals surface area contributed by atoms with Crippen LogP contribution in [0.4, 0.5) is 5.69 Å². The van der Waals surface area contributed by atoms with Crippen LogP contribution in [0.3, 0.4) is 0 Å². The second kappa shape index (κ2) is 5.50. The molecule has 19 heavy (non-hydrogen) atoms. The van der Waals surface area contributed by atoms with E-state index in [9.17, 15) is 14.9 Å². The molecule has 0 aromatic carbocycles. The maximum atomic E-state index is 11.9. The van der Waals surface area contributed by atoms with E-state index in [-0.39, 0.29) is 6.54 Å². The first-order valence-electron chi connectivity index (χ1n) is 5.13. The topological polar surface area (TPSA) is 78.0 Å². The molecule has 0 spiro atoms. The Morgan fingerprint density at radius 2 is 2.21 bits per heavy atom. The van der Waals surface area contributed by atoms with E-state index in [0.717, 1.165) is 0 Å². The fourth-order valence-corrected chi connectivity index (χ4v) is 2.19. The van der Waals surface area contributed by atoms with Crippen LogP contribution in [-0.2, 0) is 6.54 Å². The molecule has 0 bridgehead atoms. The largest absolute Gasteiger partial charge is 0.335 e. The van der Waals surface area contributed by atoms with E-state index in [1.165, 1.54) is 16.8 Å². The van der Waals surface area contributed by atoms with Crippen LogP contribution < -0.4 is 5.56 Å². The highest BCUT2D eigenvalue weighted by molar-refractivity contribution is 9.10. The smallest absolute Gasteiger partial charge is 0.303 e. The van der Waals surface area contributed by atoms with Gasteiger partial charge in [0.25, 0.3) is 0 Å². The number of hydrogen-bond acceptors (Lipinski definition) is 4. The van der Waals surface area contributed by atoms with Gasteiger partial charge in [-0.25, -0.2) is 4.98 Å². The van der Waals surface area contributed by atoms with Crippen molar-refractivity contribution in [1.29, 1.82) is 0 Å². The lowest BCUT2D eigenvalue weighted by Gasteiger charge is -2.06. The summed E-state index contributed by atoms with van der Waals surface area (Å²) in [6, 6.07) is 6.16. The van der Waals surface area contributed by atoms with Gasteiger partial charge in [0.15, 0.2) is 0 Å². The van der Waals surface area contributed by atoms with E-state index in [0.29, 0.717) is 15.3 Å². The van der Waals surface area contributed by atoms with Crippen molar-refractivity contribution in [3.05, 3.63) is 66.3 Å². The van der Waals surface area contributed by atoms with Crippen molar-refractivity contribution >= 4 is 33.2 Å². The van der Waals surface area contributed by atoms with Gasteiger partial charge < -0.3 is 4.57 Å². The van der Waals surface area contributed by atoms with Crippen molar-refractivity contribution in [2.45, 2.75) is 6.54 Å². The SMILES string of the molecule is O=c1c([N+](=O)[O-])cc(Br)cn1Cc1cccc(Cl)n1. The lowest BCUT2D eigenvalue weighted by atomic mass is 10.3. The van der Waals surface area contributed by atoms with E-state index in [4.69, 9.17) is 11.6 Å². The number of pyridine rings is 2. The molecule has 0 unspecified atom stereocenters. The molecule has 0 atom stereocenters. The van der Waals surface area contributed by atoms with Gasteiger partial charge in [-0.3, -0.25) is 14.9 Å². The molecule has 2 aromatic heterocycles. The number of nitro groups is 1. The van der Waals surface area contributed by atoms with Gasteiger partial charge in [-0.15, -0.1) is 0 Å². The Hall–Kier alpha value is -1.73. The average molecular weight is 345 g/mol. The van der Waals surface area contributed by atoms with Gasteiger partial charge in [0, 0.05) is 16.7 Å². The summed E-state index contributed by atoms with van der Waals surface area (Å²) in [5.74, 6) is 0. The van der Waals surface area contributed by atoms with Crippen molar-refractivity contribution in [1.82, 2.24) is 9.55 Å². The van der Waals surface area contributed by atoms with Crippen LogP contribution in [-0.4, -0.2) is 14.5 Å². The number of nitrogens with zero attached hydrogens (tertiary/aromatic N) is 3. The fraction of sp³-hybridized carbons (Fsp3) is 0.0909. The summed E-state index contributed by atoms with van der Waals surface area (Å²) in [7, 11) is 0. The molecule has 0 aliphatic heterocycles. The first kappa shape index (κ1) is 13.7. The van der Waals surface area contributed by atoms with E-state index in [2.05, 4.69) is 20.9 Å². The molecule has 6 nitrogen and oxygen atoms in total. The maximum Gasteiger partial charge on any atom is 0.335 e. The third kappa shape index (κ3) is 3.18. The van der Waals surface area contributed by atoms with Crippen LogP contribution >= 0.6 is 27.5 Å². The predicted octanol–water partition coefficient (Wildman–Crippen LogP) is 2.62. The quantitative estimate of drug-likeness (QED) is 0.487. The summed E-state index contributed by atoms with van der Waals surface area (Å²) >= 11 is 8.88. The third-order valence-electron chi connectivity index (χ3n) is 2.34. The second-order valence-electron chi connectivity index (χ2n) is 3.69. The monoisotopic (exact) mass is 343 g/mol. The molecule has 0 N–H and O–H groups in total. The lowest BCUT2D eigenvalue weighted by Crippen LogP contribution is -2.23. The first-order valence-corrected chi connectivity index (χ1v) is 6.30. The van der Waals surface area contributed by atoms with Gasteiger partial charge >= 0.3 is 11.2 Å². The minimum absolute atomic E-state index is 0.111. The Kier molecular flexibility index (Phi) is 3.96. The minimum atomic E-state index is -0.713.